The molecule has 7 nitrogen and oxygen atoms in total. The van der Waals surface area contributed by atoms with Crippen molar-refractivity contribution in [2.45, 2.75) is 39.3 Å². The lowest BCUT2D eigenvalue weighted by atomic mass is 10.1. The maximum Gasteiger partial charge on any atom is 0.211 e. The van der Waals surface area contributed by atoms with Crippen LogP contribution in [0, 0.1) is 13.8 Å². The summed E-state index contributed by atoms with van der Waals surface area (Å²) in [4.78, 5) is 21.4. The first-order valence-electron chi connectivity index (χ1n) is 10.2. The van der Waals surface area contributed by atoms with Crippen LogP contribution in [0.1, 0.15) is 29.8 Å². The number of nitrogens with zero attached hydrogens (tertiary/aromatic N) is 4. The Bertz CT molecular complexity index is 940. The van der Waals surface area contributed by atoms with E-state index in [2.05, 4.69) is 26.3 Å². The Kier molecular flexibility index (Phi) is 7.70. The van der Waals surface area contributed by atoms with Gasteiger partial charge in [-0.05, 0) is 69.1 Å². The SMILES string of the molecule is Cc1ccccn1.Cc1cn(-c2cc(CN3CCCC(N)C3)cc(NC=O)c2)cn1. The molecule has 0 saturated carbocycles. The zero-order valence-corrected chi connectivity index (χ0v) is 17.7. The van der Waals surface area contributed by atoms with Crippen molar-refractivity contribution in [2.75, 3.05) is 18.4 Å². The Hall–Kier alpha value is -3.03. The zero-order valence-electron chi connectivity index (χ0n) is 17.7. The van der Waals surface area contributed by atoms with Gasteiger partial charge in [-0.25, -0.2) is 4.98 Å². The summed E-state index contributed by atoms with van der Waals surface area (Å²) in [6.45, 7) is 6.76. The second kappa shape index (κ2) is 10.7. The number of nitrogens with one attached hydrogen (secondary N) is 1. The number of imidazole rings is 1. The van der Waals surface area contributed by atoms with E-state index in [4.69, 9.17) is 5.73 Å². The van der Waals surface area contributed by atoms with Gasteiger partial charge in [0.2, 0.25) is 6.41 Å². The summed E-state index contributed by atoms with van der Waals surface area (Å²) in [5.41, 5.74) is 11.0. The highest BCUT2D eigenvalue weighted by Crippen LogP contribution is 2.21. The van der Waals surface area contributed by atoms with Crippen LogP contribution in [-0.2, 0) is 11.3 Å². The predicted octanol–water partition coefficient (Wildman–Crippen LogP) is 3.06. The van der Waals surface area contributed by atoms with Gasteiger partial charge in [0, 0.05) is 48.6 Å². The van der Waals surface area contributed by atoms with E-state index in [1.54, 1.807) is 12.5 Å². The predicted molar refractivity (Wildman–Crippen MR) is 119 cm³/mol. The maximum atomic E-state index is 10.8. The van der Waals surface area contributed by atoms with Gasteiger partial charge in [0.05, 0.1) is 12.0 Å². The van der Waals surface area contributed by atoms with Gasteiger partial charge in [-0.15, -0.1) is 0 Å². The molecule has 0 aliphatic carbocycles. The van der Waals surface area contributed by atoms with Crippen molar-refractivity contribution < 1.29 is 4.79 Å². The molecule has 0 radical (unpaired) electrons. The molecule has 3 heterocycles. The number of hydrogen-bond donors (Lipinski definition) is 2. The van der Waals surface area contributed by atoms with Crippen LogP contribution in [0.2, 0.25) is 0 Å². The summed E-state index contributed by atoms with van der Waals surface area (Å²) in [5, 5.41) is 2.75. The number of aryl methyl sites for hydroxylation is 2. The molecule has 2 aromatic heterocycles. The van der Waals surface area contributed by atoms with Crippen molar-refractivity contribution in [3.63, 3.8) is 0 Å². The Morgan fingerprint density at radius 3 is 2.67 bits per heavy atom. The van der Waals surface area contributed by atoms with Gasteiger partial charge in [-0.1, -0.05) is 6.07 Å². The lowest BCUT2D eigenvalue weighted by molar-refractivity contribution is -0.105. The van der Waals surface area contributed by atoms with Crippen LogP contribution < -0.4 is 11.1 Å². The fourth-order valence-corrected chi connectivity index (χ4v) is 3.57. The molecule has 1 aliphatic heterocycles. The Morgan fingerprint density at radius 2 is 2.07 bits per heavy atom. The number of hydrogen-bond acceptors (Lipinski definition) is 5. The van der Waals surface area contributed by atoms with Crippen LogP contribution in [0.15, 0.2) is 55.1 Å². The first kappa shape index (κ1) is 21.7. The zero-order chi connectivity index (χ0) is 21.3. The molecule has 1 fully saturated rings. The summed E-state index contributed by atoms with van der Waals surface area (Å²) in [7, 11) is 0. The van der Waals surface area contributed by atoms with Gasteiger partial charge in [0.15, 0.2) is 0 Å². The number of piperidine rings is 1. The molecule has 1 atom stereocenters. The van der Waals surface area contributed by atoms with Gasteiger partial charge in [0.25, 0.3) is 0 Å². The van der Waals surface area contributed by atoms with E-state index in [9.17, 15) is 4.79 Å². The summed E-state index contributed by atoms with van der Waals surface area (Å²) in [6.07, 6.45) is 8.49. The van der Waals surface area contributed by atoms with Gasteiger partial charge in [0.1, 0.15) is 0 Å². The first-order valence-corrected chi connectivity index (χ1v) is 10.2. The third-order valence-corrected chi connectivity index (χ3v) is 4.97. The summed E-state index contributed by atoms with van der Waals surface area (Å²) in [5.74, 6) is 0. The van der Waals surface area contributed by atoms with Crippen LogP contribution in [0.5, 0.6) is 0 Å². The second-order valence-electron chi connectivity index (χ2n) is 7.68. The van der Waals surface area contributed by atoms with Crippen LogP contribution in [-0.4, -0.2) is 45.0 Å². The Morgan fingerprint density at radius 1 is 1.20 bits per heavy atom. The van der Waals surface area contributed by atoms with Crippen LogP contribution in [0.25, 0.3) is 5.69 Å². The average Bonchev–Trinajstić information content (AvgIpc) is 3.16. The topological polar surface area (TPSA) is 89.1 Å². The van der Waals surface area contributed by atoms with E-state index in [-0.39, 0.29) is 6.04 Å². The van der Waals surface area contributed by atoms with Gasteiger partial charge in [-0.3, -0.25) is 14.7 Å². The van der Waals surface area contributed by atoms with Gasteiger partial charge >= 0.3 is 0 Å². The molecular formula is C23H30N6O. The molecule has 1 aromatic carbocycles. The lowest BCUT2D eigenvalue weighted by Gasteiger charge is -2.30. The molecule has 1 unspecified atom stereocenters. The molecule has 30 heavy (non-hydrogen) atoms. The highest BCUT2D eigenvalue weighted by molar-refractivity contribution is 5.73. The number of likely N-dealkylation sites (tertiary alicyclic amines) is 1. The van der Waals surface area contributed by atoms with E-state index in [1.807, 2.05) is 54.9 Å². The standard InChI is InChI=1S/C17H23N5O.C6H7N/c1-13-8-22(11-19-13)17-6-14(5-16(7-17)20-12-23)9-21-4-2-3-15(18)10-21;1-6-4-2-3-5-7-6/h5-8,11-12,15H,2-4,9-10,18H2,1H3,(H,20,23);2-5H,1H3. The number of nitrogens with two attached hydrogens (primary N) is 1. The van der Waals surface area contributed by atoms with Crippen molar-refractivity contribution in [1.29, 1.82) is 0 Å². The Labute approximate surface area is 177 Å². The van der Waals surface area contributed by atoms with Gasteiger partial charge < -0.3 is 15.6 Å². The van der Waals surface area contributed by atoms with E-state index in [1.165, 1.54) is 0 Å². The third kappa shape index (κ3) is 6.50. The van der Waals surface area contributed by atoms with E-state index < -0.39 is 0 Å². The molecule has 158 valence electrons. The summed E-state index contributed by atoms with van der Waals surface area (Å²) < 4.78 is 1.97. The average molecular weight is 407 g/mol. The fraction of sp³-hybridized carbons (Fsp3) is 0.348. The van der Waals surface area contributed by atoms with Crippen molar-refractivity contribution in [1.82, 2.24) is 19.4 Å². The number of anilines is 1. The first-order chi connectivity index (χ1) is 14.5. The number of pyridine rings is 1. The number of benzene rings is 1. The molecule has 3 N–H and O–H groups in total. The minimum atomic E-state index is 0.260. The molecule has 1 saturated heterocycles. The summed E-state index contributed by atoms with van der Waals surface area (Å²) in [6, 6.07) is 12.2. The van der Waals surface area contributed by atoms with Crippen LogP contribution >= 0.6 is 0 Å². The molecular weight excluding hydrogens is 376 g/mol. The normalized spacial score (nSPS) is 16.4. The molecule has 7 heteroatoms. The summed E-state index contributed by atoms with van der Waals surface area (Å²) >= 11 is 0. The minimum absolute atomic E-state index is 0.260. The molecule has 4 rings (SSSR count). The number of amides is 1. The van der Waals surface area contributed by atoms with Crippen molar-refractivity contribution in [3.8, 4) is 5.69 Å². The van der Waals surface area contributed by atoms with E-state index >= 15 is 0 Å². The van der Waals surface area contributed by atoms with Crippen LogP contribution in [0.3, 0.4) is 0 Å². The highest BCUT2D eigenvalue weighted by atomic mass is 16.1. The molecule has 0 bridgehead atoms. The second-order valence-corrected chi connectivity index (χ2v) is 7.68. The maximum absolute atomic E-state index is 10.8. The Balaban J connectivity index is 0.000000310. The monoisotopic (exact) mass is 406 g/mol. The number of carbonyl (C=O) groups is 1. The van der Waals surface area contributed by atoms with Crippen molar-refractivity contribution in [2.24, 2.45) is 5.73 Å². The molecule has 3 aromatic rings. The molecule has 1 amide bonds. The molecule has 1 aliphatic rings. The number of aromatic nitrogens is 3. The lowest BCUT2D eigenvalue weighted by Crippen LogP contribution is -2.42. The fourth-order valence-electron chi connectivity index (χ4n) is 3.57. The van der Waals surface area contributed by atoms with E-state index in [0.717, 1.165) is 60.8 Å². The van der Waals surface area contributed by atoms with E-state index in [0.29, 0.717) is 6.41 Å². The van der Waals surface area contributed by atoms with Crippen molar-refractivity contribution in [3.05, 3.63) is 72.1 Å². The van der Waals surface area contributed by atoms with Crippen molar-refractivity contribution >= 4 is 12.1 Å². The smallest absolute Gasteiger partial charge is 0.211 e. The minimum Gasteiger partial charge on any atom is -0.329 e. The van der Waals surface area contributed by atoms with Crippen LogP contribution in [0.4, 0.5) is 5.69 Å². The number of carbonyl (C=O) groups excluding carboxylic acids is 1. The van der Waals surface area contributed by atoms with Gasteiger partial charge in [-0.2, -0.15) is 0 Å². The number of rotatable bonds is 5. The quantitative estimate of drug-likeness (QED) is 0.636. The molecule has 0 spiro atoms. The largest absolute Gasteiger partial charge is 0.329 e. The third-order valence-electron chi connectivity index (χ3n) is 4.97. The highest BCUT2D eigenvalue weighted by Gasteiger charge is 2.17.